The van der Waals surface area contributed by atoms with Crippen LogP contribution in [0.4, 0.5) is 0 Å². The fourth-order valence-electron chi connectivity index (χ4n) is 2.31. The smallest absolute Gasteiger partial charge is 0.115 e. The van der Waals surface area contributed by atoms with Crippen LogP contribution in [0.5, 0.6) is 5.75 Å². The predicted octanol–water partition coefficient (Wildman–Crippen LogP) is 3.70. The van der Waals surface area contributed by atoms with Crippen LogP contribution in [0.3, 0.4) is 0 Å². The molecule has 0 saturated carbocycles. The summed E-state index contributed by atoms with van der Waals surface area (Å²) in [5, 5.41) is 10.7. The lowest BCUT2D eigenvalue weighted by Crippen LogP contribution is -1.97. The summed E-state index contributed by atoms with van der Waals surface area (Å²) in [6.07, 6.45) is 2.09. The minimum atomic E-state index is 0.319. The first-order valence-electron chi connectivity index (χ1n) is 6.06. The molecular formula is C16H15NO. The lowest BCUT2D eigenvalue weighted by molar-refractivity contribution is 0.474. The van der Waals surface area contributed by atoms with Gasteiger partial charge in [0.1, 0.15) is 5.75 Å². The number of phenolic OH excluding ortho intramolecular Hbond substituents is 1. The largest absolute Gasteiger partial charge is 0.508 e. The number of aryl methyl sites for hydroxylation is 1. The van der Waals surface area contributed by atoms with Gasteiger partial charge in [0, 0.05) is 18.3 Å². The molecule has 0 aliphatic rings. The van der Waals surface area contributed by atoms with Gasteiger partial charge in [0.25, 0.3) is 0 Å². The fourth-order valence-corrected chi connectivity index (χ4v) is 2.31. The highest BCUT2D eigenvalue weighted by molar-refractivity contribution is 5.80. The lowest BCUT2D eigenvalue weighted by atomic mass is 10.2. The molecule has 0 amide bonds. The molecule has 3 rings (SSSR count). The molecule has 1 heterocycles. The predicted molar refractivity (Wildman–Crippen MR) is 73.9 cm³/mol. The number of aromatic nitrogens is 1. The van der Waals surface area contributed by atoms with Gasteiger partial charge in [-0.2, -0.15) is 0 Å². The minimum Gasteiger partial charge on any atom is -0.508 e. The van der Waals surface area contributed by atoms with Crippen molar-refractivity contribution in [3.63, 3.8) is 0 Å². The summed E-state index contributed by atoms with van der Waals surface area (Å²) in [7, 11) is 0. The molecule has 0 radical (unpaired) electrons. The van der Waals surface area contributed by atoms with Gasteiger partial charge in [0.05, 0.1) is 0 Å². The van der Waals surface area contributed by atoms with Crippen LogP contribution in [-0.2, 0) is 6.54 Å². The van der Waals surface area contributed by atoms with Gasteiger partial charge in [-0.05, 0) is 48.2 Å². The second-order valence-electron chi connectivity index (χ2n) is 4.68. The highest BCUT2D eigenvalue weighted by Gasteiger charge is 2.02. The third-order valence-electron chi connectivity index (χ3n) is 3.19. The quantitative estimate of drug-likeness (QED) is 0.722. The summed E-state index contributed by atoms with van der Waals surface area (Å²) >= 11 is 0. The zero-order valence-electron chi connectivity index (χ0n) is 10.3. The van der Waals surface area contributed by atoms with E-state index >= 15 is 0 Å². The maximum atomic E-state index is 9.48. The molecule has 18 heavy (non-hydrogen) atoms. The van der Waals surface area contributed by atoms with Crippen molar-refractivity contribution in [1.82, 2.24) is 4.57 Å². The third kappa shape index (κ3) is 1.97. The Labute approximate surface area is 106 Å². The number of rotatable bonds is 2. The number of hydrogen-bond acceptors (Lipinski definition) is 1. The van der Waals surface area contributed by atoms with Crippen molar-refractivity contribution >= 4 is 10.9 Å². The summed E-state index contributed by atoms with van der Waals surface area (Å²) < 4.78 is 2.20. The van der Waals surface area contributed by atoms with Gasteiger partial charge in [0.2, 0.25) is 0 Å². The molecule has 1 aromatic heterocycles. The Morgan fingerprint density at radius 1 is 1.06 bits per heavy atom. The Morgan fingerprint density at radius 2 is 1.94 bits per heavy atom. The van der Waals surface area contributed by atoms with Crippen LogP contribution >= 0.6 is 0 Å². The van der Waals surface area contributed by atoms with E-state index in [1.54, 1.807) is 12.1 Å². The van der Waals surface area contributed by atoms with Gasteiger partial charge in [0.15, 0.2) is 0 Å². The van der Waals surface area contributed by atoms with Crippen LogP contribution in [0, 0.1) is 6.92 Å². The zero-order valence-corrected chi connectivity index (χ0v) is 10.3. The molecular weight excluding hydrogens is 222 g/mol. The van der Waals surface area contributed by atoms with Crippen molar-refractivity contribution in [3.05, 3.63) is 65.9 Å². The van der Waals surface area contributed by atoms with E-state index in [9.17, 15) is 5.11 Å². The average Bonchev–Trinajstić information content (AvgIpc) is 2.72. The fraction of sp³-hybridized carbons (Fsp3) is 0.125. The van der Waals surface area contributed by atoms with E-state index < -0.39 is 0 Å². The molecule has 0 bridgehead atoms. The van der Waals surface area contributed by atoms with Gasteiger partial charge in [-0.3, -0.25) is 0 Å². The van der Waals surface area contributed by atoms with Crippen LogP contribution in [0.1, 0.15) is 11.1 Å². The summed E-state index contributed by atoms with van der Waals surface area (Å²) in [4.78, 5) is 0. The normalized spacial score (nSPS) is 10.9. The molecule has 0 aliphatic heterocycles. The summed E-state index contributed by atoms with van der Waals surface area (Å²) in [5.74, 6) is 0.319. The Morgan fingerprint density at radius 3 is 2.78 bits per heavy atom. The van der Waals surface area contributed by atoms with Gasteiger partial charge in [-0.25, -0.2) is 0 Å². The molecule has 0 atom stereocenters. The van der Waals surface area contributed by atoms with Gasteiger partial charge in [-0.15, -0.1) is 0 Å². The van der Waals surface area contributed by atoms with E-state index in [1.807, 2.05) is 12.1 Å². The maximum Gasteiger partial charge on any atom is 0.115 e. The third-order valence-corrected chi connectivity index (χ3v) is 3.19. The van der Waals surface area contributed by atoms with Crippen LogP contribution in [0.25, 0.3) is 10.9 Å². The van der Waals surface area contributed by atoms with E-state index in [0.29, 0.717) is 5.75 Å². The zero-order chi connectivity index (χ0) is 12.5. The number of aromatic hydroxyl groups is 1. The maximum absolute atomic E-state index is 9.48. The first-order chi connectivity index (χ1) is 8.72. The Balaban J connectivity index is 2.00. The van der Waals surface area contributed by atoms with Crippen molar-refractivity contribution in [2.24, 2.45) is 0 Å². The van der Waals surface area contributed by atoms with Crippen LogP contribution in [0.2, 0.25) is 0 Å². The molecule has 0 saturated heterocycles. The highest BCUT2D eigenvalue weighted by atomic mass is 16.3. The van der Waals surface area contributed by atoms with E-state index in [1.165, 1.54) is 16.5 Å². The van der Waals surface area contributed by atoms with Gasteiger partial charge in [-0.1, -0.05) is 23.8 Å². The van der Waals surface area contributed by atoms with Gasteiger partial charge < -0.3 is 9.67 Å². The van der Waals surface area contributed by atoms with Crippen molar-refractivity contribution in [2.45, 2.75) is 13.5 Å². The van der Waals surface area contributed by atoms with Crippen LogP contribution in [-0.4, -0.2) is 9.67 Å². The minimum absolute atomic E-state index is 0.319. The molecule has 1 N–H and O–H groups in total. The van der Waals surface area contributed by atoms with Gasteiger partial charge >= 0.3 is 0 Å². The number of hydrogen-bond donors (Lipinski definition) is 1. The van der Waals surface area contributed by atoms with Crippen molar-refractivity contribution in [2.75, 3.05) is 0 Å². The van der Waals surface area contributed by atoms with E-state index in [4.69, 9.17) is 0 Å². The summed E-state index contributed by atoms with van der Waals surface area (Å²) in [6.45, 7) is 2.88. The molecule has 0 fully saturated rings. The van der Waals surface area contributed by atoms with Crippen LogP contribution in [0.15, 0.2) is 54.7 Å². The first kappa shape index (κ1) is 10.9. The molecule has 2 heteroatoms. The lowest BCUT2D eigenvalue weighted by Gasteiger charge is -2.06. The summed E-state index contributed by atoms with van der Waals surface area (Å²) in [5.41, 5.74) is 3.61. The number of benzene rings is 2. The van der Waals surface area contributed by atoms with E-state index in [0.717, 1.165) is 12.1 Å². The standard InChI is InChI=1S/C16H15NO/c1-12-5-6-16-14(9-12)7-8-17(16)11-13-3-2-4-15(18)10-13/h2-10,18H,11H2,1H3. The van der Waals surface area contributed by atoms with Crippen molar-refractivity contribution < 1.29 is 5.11 Å². The van der Waals surface area contributed by atoms with Crippen molar-refractivity contribution in [3.8, 4) is 5.75 Å². The van der Waals surface area contributed by atoms with E-state index in [-0.39, 0.29) is 0 Å². The second kappa shape index (κ2) is 4.22. The van der Waals surface area contributed by atoms with Crippen LogP contribution < -0.4 is 0 Å². The monoisotopic (exact) mass is 237 g/mol. The van der Waals surface area contributed by atoms with E-state index in [2.05, 4.69) is 42.0 Å². The average molecular weight is 237 g/mol. The molecule has 0 spiro atoms. The molecule has 0 unspecified atom stereocenters. The SMILES string of the molecule is Cc1ccc2c(ccn2Cc2cccc(O)c2)c1. The molecule has 90 valence electrons. The number of phenols is 1. The highest BCUT2D eigenvalue weighted by Crippen LogP contribution is 2.19. The number of nitrogens with zero attached hydrogens (tertiary/aromatic N) is 1. The van der Waals surface area contributed by atoms with Crippen molar-refractivity contribution in [1.29, 1.82) is 0 Å². The topological polar surface area (TPSA) is 25.2 Å². The first-order valence-corrected chi connectivity index (χ1v) is 6.06. The number of fused-ring (bicyclic) bond motifs is 1. The Hall–Kier alpha value is -2.22. The molecule has 2 nitrogen and oxygen atoms in total. The molecule has 2 aromatic carbocycles. The summed E-state index contributed by atoms with van der Waals surface area (Å²) in [6, 6.07) is 16.0. The Bertz CT molecular complexity index is 697. The molecule has 0 aliphatic carbocycles. The molecule has 3 aromatic rings. The second-order valence-corrected chi connectivity index (χ2v) is 4.68. The Kier molecular flexibility index (Phi) is 2.56.